The van der Waals surface area contributed by atoms with Crippen molar-refractivity contribution in [2.45, 2.75) is 43.7 Å². The summed E-state index contributed by atoms with van der Waals surface area (Å²) in [7, 11) is 0. The summed E-state index contributed by atoms with van der Waals surface area (Å²) < 4.78 is 14.3. The molecule has 4 amide bonds. The molecule has 9 nitrogen and oxygen atoms in total. The van der Waals surface area contributed by atoms with Crippen molar-refractivity contribution < 1.29 is 23.6 Å². The number of nitrogens with one attached hydrogen (secondary N) is 2. The lowest BCUT2D eigenvalue weighted by Gasteiger charge is -2.29. The SMILES string of the molecule is N#Cc1c(N2C(=O)[C@@H]3[C@H](CC(N)=O)N[C@]4(C(=O)Nc5ccc(F)cc54)[C@@H]3C2=O)sc2c1CCCC2. The third-order valence-electron chi connectivity index (χ3n) is 7.57. The van der Waals surface area contributed by atoms with Crippen LogP contribution in [-0.4, -0.2) is 29.7 Å². The quantitative estimate of drug-likeness (QED) is 0.552. The fraction of sp³-hybridized carbons (Fsp3) is 0.375. The monoisotopic (exact) mass is 493 g/mol. The van der Waals surface area contributed by atoms with Crippen LogP contribution in [0.5, 0.6) is 0 Å². The Labute approximate surface area is 203 Å². The molecule has 6 rings (SSSR count). The van der Waals surface area contributed by atoms with E-state index in [1.165, 1.54) is 23.5 Å². The molecule has 2 aromatic rings. The number of amides is 4. The average Bonchev–Trinajstić information content (AvgIpc) is 3.50. The highest BCUT2D eigenvalue weighted by molar-refractivity contribution is 7.17. The normalized spacial score (nSPS) is 28.6. The summed E-state index contributed by atoms with van der Waals surface area (Å²) in [6.45, 7) is 0. The number of rotatable bonds is 3. The molecule has 1 spiro atoms. The molecule has 2 saturated heterocycles. The van der Waals surface area contributed by atoms with Gasteiger partial charge in [-0.05, 0) is 49.4 Å². The summed E-state index contributed by atoms with van der Waals surface area (Å²) in [6.07, 6.45) is 3.05. The molecular weight excluding hydrogens is 473 g/mol. The Bertz CT molecular complexity index is 1400. The molecule has 4 heterocycles. The number of carbonyl (C=O) groups excluding carboxylic acids is 4. The van der Waals surface area contributed by atoms with Gasteiger partial charge >= 0.3 is 0 Å². The number of hydrogen-bond donors (Lipinski definition) is 3. The van der Waals surface area contributed by atoms with Gasteiger partial charge in [-0.15, -0.1) is 11.3 Å². The number of anilines is 2. The van der Waals surface area contributed by atoms with Crippen LogP contribution in [0.2, 0.25) is 0 Å². The highest BCUT2D eigenvalue weighted by Crippen LogP contribution is 2.55. The van der Waals surface area contributed by atoms with Crippen molar-refractivity contribution in [1.82, 2.24) is 5.32 Å². The van der Waals surface area contributed by atoms with Crippen LogP contribution in [0, 0.1) is 29.0 Å². The van der Waals surface area contributed by atoms with Gasteiger partial charge in [-0.25, -0.2) is 9.29 Å². The zero-order chi connectivity index (χ0) is 24.6. The second kappa shape index (κ2) is 7.44. The second-order valence-electron chi connectivity index (χ2n) is 9.39. The number of fused-ring (bicyclic) bond motifs is 5. The van der Waals surface area contributed by atoms with E-state index < -0.39 is 52.9 Å². The lowest BCUT2D eigenvalue weighted by atomic mass is 9.76. The standard InChI is InChI=1S/C24H20FN5O4S/c25-10-5-6-14-13(7-10)24(23(34)28-14)19-18(15(29-24)8-17(27)31)20(32)30(21(19)33)22-12(9-26)11-3-1-2-4-16(11)35-22/h5-7,15,18-19,29H,1-4,8H2,(H2,27,31)(H,28,34)/t15-,18+,19-,24-/m0/s1. The van der Waals surface area contributed by atoms with Crippen LogP contribution in [0.15, 0.2) is 18.2 Å². The van der Waals surface area contributed by atoms with Crippen molar-refractivity contribution in [3.63, 3.8) is 0 Å². The van der Waals surface area contributed by atoms with Crippen LogP contribution in [0.1, 0.15) is 40.8 Å². The number of carbonyl (C=O) groups is 4. The fourth-order valence-electron chi connectivity index (χ4n) is 6.19. The largest absolute Gasteiger partial charge is 0.370 e. The predicted octanol–water partition coefficient (Wildman–Crippen LogP) is 1.44. The zero-order valence-electron chi connectivity index (χ0n) is 18.4. The number of hydrogen-bond acceptors (Lipinski definition) is 7. The van der Waals surface area contributed by atoms with Crippen molar-refractivity contribution in [3.8, 4) is 6.07 Å². The average molecular weight is 494 g/mol. The molecule has 1 aliphatic carbocycles. The molecular formula is C24H20FN5O4S. The Balaban J connectivity index is 1.53. The molecule has 1 aromatic carbocycles. The molecule has 4 aliphatic rings. The molecule has 0 bridgehead atoms. The van der Waals surface area contributed by atoms with E-state index in [4.69, 9.17) is 5.73 Å². The summed E-state index contributed by atoms with van der Waals surface area (Å²) in [5, 5.41) is 15.9. The molecule has 178 valence electrons. The van der Waals surface area contributed by atoms with Gasteiger partial charge < -0.3 is 11.1 Å². The molecule has 1 aromatic heterocycles. The maximum absolute atomic E-state index is 14.3. The fourth-order valence-corrected chi connectivity index (χ4v) is 7.54. The first-order valence-corrected chi connectivity index (χ1v) is 12.2. The molecule has 4 atom stereocenters. The maximum atomic E-state index is 14.3. The smallest absolute Gasteiger partial charge is 0.250 e. The van der Waals surface area contributed by atoms with Gasteiger partial charge in [0, 0.05) is 28.6 Å². The Hall–Kier alpha value is -3.62. The van der Waals surface area contributed by atoms with Crippen LogP contribution in [0.4, 0.5) is 15.1 Å². The van der Waals surface area contributed by atoms with Crippen LogP contribution >= 0.6 is 11.3 Å². The first-order valence-electron chi connectivity index (χ1n) is 11.4. The Kier molecular flexibility index (Phi) is 4.65. The molecule has 0 saturated carbocycles. The van der Waals surface area contributed by atoms with Crippen molar-refractivity contribution in [2.24, 2.45) is 17.6 Å². The number of nitrogens with zero attached hydrogens (tertiary/aromatic N) is 2. The van der Waals surface area contributed by atoms with E-state index in [0.717, 1.165) is 40.7 Å². The predicted molar refractivity (Wildman–Crippen MR) is 123 cm³/mol. The van der Waals surface area contributed by atoms with E-state index in [-0.39, 0.29) is 17.0 Å². The number of benzene rings is 1. The third kappa shape index (κ3) is 2.81. The van der Waals surface area contributed by atoms with E-state index in [1.807, 2.05) is 0 Å². The van der Waals surface area contributed by atoms with Gasteiger partial charge in [0.25, 0.3) is 0 Å². The maximum Gasteiger partial charge on any atom is 0.250 e. The van der Waals surface area contributed by atoms with Crippen LogP contribution in [0.3, 0.4) is 0 Å². The van der Waals surface area contributed by atoms with Gasteiger partial charge in [-0.1, -0.05) is 0 Å². The van der Waals surface area contributed by atoms with Gasteiger partial charge in [0.05, 0.1) is 17.4 Å². The van der Waals surface area contributed by atoms with Gasteiger partial charge in [-0.2, -0.15) is 5.26 Å². The van der Waals surface area contributed by atoms with Gasteiger partial charge in [0.15, 0.2) is 0 Å². The molecule has 11 heteroatoms. The van der Waals surface area contributed by atoms with E-state index >= 15 is 0 Å². The van der Waals surface area contributed by atoms with E-state index in [9.17, 15) is 28.8 Å². The molecule has 4 N–H and O–H groups in total. The van der Waals surface area contributed by atoms with Crippen molar-refractivity contribution in [1.29, 1.82) is 5.26 Å². The van der Waals surface area contributed by atoms with Gasteiger partial charge in [0.2, 0.25) is 23.6 Å². The van der Waals surface area contributed by atoms with Crippen molar-refractivity contribution >= 4 is 45.7 Å². The number of halogens is 1. The van der Waals surface area contributed by atoms with E-state index in [2.05, 4.69) is 16.7 Å². The Morgan fingerprint density at radius 3 is 2.77 bits per heavy atom. The van der Waals surface area contributed by atoms with Crippen LogP contribution < -0.4 is 21.3 Å². The van der Waals surface area contributed by atoms with Crippen LogP contribution in [-0.2, 0) is 37.6 Å². The summed E-state index contributed by atoms with van der Waals surface area (Å²) in [5.74, 6) is -5.48. The summed E-state index contributed by atoms with van der Waals surface area (Å²) >= 11 is 1.25. The molecule has 0 radical (unpaired) electrons. The zero-order valence-corrected chi connectivity index (χ0v) is 19.2. The number of aryl methyl sites for hydroxylation is 1. The lowest BCUT2D eigenvalue weighted by Crippen LogP contribution is -2.53. The minimum Gasteiger partial charge on any atom is -0.370 e. The number of primary amides is 1. The van der Waals surface area contributed by atoms with Gasteiger partial charge in [-0.3, -0.25) is 24.5 Å². The highest BCUT2D eigenvalue weighted by Gasteiger charge is 2.71. The minimum atomic E-state index is -1.74. The summed E-state index contributed by atoms with van der Waals surface area (Å²) in [6, 6.07) is 5.00. The first kappa shape index (κ1) is 21.9. The summed E-state index contributed by atoms with van der Waals surface area (Å²) in [4.78, 5) is 55.0. The first-order chi connectivity index (χ1) is 16.8. The van der Waals surface area contributed by atoms with Crippen molar-refractivity contribution in [3.05, 3.63) is 45.6 Å². The Morgan fingerprint density at radius 2 is 2.03 bits per heavy atom. The number of imide groups is 1. The van der Waals surface area contributed by atoms with E-state index in [1.54, 1.807) is 0 Å². The molecule has 35 heavy (non-hydrogen) atoms. The number of nitrogens with two attached hydrogens (primary N) is 1. The van der Waals surface area contributed by atoms with E-state index in [0.29, 0.717) is 17.7 Å². The Morgan fingerprint density at radius 1 is 1.26 bits per heavy atom. The lowest BCUT2D eigenvalue weighted by molar-refractivity contribution is -0.130. The van der Waals surface area contributed by atoms with Crippen LogP contribution in [0.25, 0.3) is 0 Å². The number of nitriles is 1. The van der Waals surface area contributed by atoms with Gasteiger partial charge in [0.1, 0.15) is 22.4 Å². The molecule has 2 fully saturated rings. The van der Waals surface area contributed by atoms with Crippen molar-refractivity contribution in [2.75, 3.05) is 10.2 Å². The minimum absolute atomic E-state index is 0.207. The molecule has 3 aliphatic heterocycles. The number of thiophene rings is 1. The third-order valence-corrected chi connectivity index (χ3v) is 8.84. The summed E-state index contributed by atoms with van der Waals surface area (Å²) in [5.41, 5.74) is 5.40. The second-order valence-corrected chi connectivity index (χ2v) is 10.5. The topological polar surface area (TPSA) is 145 Å². The highest BCUT2D eigenvalue weighted by atomic mass is 32.1. The molecule has 0 unspecified atom stereocenters.